The molecule has 1 aliphatic rings. The Morgan fingerprint density at radius 1 is 1.28 bits per heavy atom. The van der Waals surface area contributed by atoms with E-state index in [2.05, 4.69) is 15.0 Å². The summed E-state index contributed by atoms with van der Waals surface area (Å²) in [6, 6.07) is 8.65. The number of nitrogens with two attached hydrogens (primary N) is 1. The quantitative estimate of drug-likeness (QED) is 0.564. The molecule has 2 aromatic heterocycles. The molecule has 0 saturated carbocycles. The monoisotopic (exact) mass is 441 g/mol. The number of fused-ring (bicyclic) bond motifs is 1. The van der Waals surface area contributed by atoms with Gasteiger partial charge in [-0.05, 0) is 19.1 Å². The van der Waals surface area contributed by atoms with Gasteiger partial charge in [0.05, 0.1) is 25.1 Å². The van der Waals surface area contributed by atoms with E-state index in [1.165, 1.54) is 20.4 Å². The number of methoxy groups -OCH3 is 1. The number of carbonyl (C=O) groups is 2. The molecule has 0 spiro atoms. The predicted octanol–water partition coefficient (Wildman–Crippen LogP) is 1.88. The molecule has 0 amide bonds. The van der Waals surface area contributed by atoms with Gasteiger partial charge >= 0.3 is 11.9 Å². The molecular weight excluding hydrogens is 418 g/mol. The maximum Gasteiger partial charge on any atom is 0.338 e. The maximum atomic E-state index is 12.3. The van der Waals surface area contributed by atoms with Crippen molar-refractivity contribution in [3.05, 3.63) is 42.2 Å². The number of benzene rings is 1. The third kappa shape index (κ3) is 4.06. The maximum absolute atomic E-state index is 12.3. The highest BCUT2D eigenvalue weighted by Gasteiger charge is 2.50. The smallest absolute Gasteiger partial charge is 0.338 e. The summed E-state index contributed by atoms with van der Waals surface area (Å²) in [5.41, 5.74) is 5.92. The van der Waals surface area contributed by atoms with E-state index in [1.54, 1.807) is 35.8 Å². The fourth-order valence-corrected chi connectivity index (χ4v) is 3.85. The largest absolute Gasteiger partial charge is 0.479 e. The Labute approximate surface area is 183 Å². The lowest BCUT2D eigenvalue weighted by molar-refractivity contribution is -0.167. The molecule has 4 rings (SSSR count). The first kappa shape index (κ1) is 21.5. The van der Waals surface area contributed by atoms with Gasteiger partial charge in [-0.25, -0.2) is 9.78 Å². The first-order chi connectivity index (χ1) is 15.3. The molecule has 1 unspecified atom stereocenters. The molecule has 3 heterocycles. The van der Waals surface area contributed by atoms with Crippen LogP contribution in [0.4, 0.5) is 5.95 Å². The lowest BCUT2D eigenvalue weighted by Crippen LogP contribution is -2.37. The molecule has 11 nitrogen and oxygen atoms in total. The molecule has 1 aromatic carbocycles. The SMILES string of the molecule is COc1nc(N)nc2c1ncn2C1O[C@H](COC(=O)c2ccccc2)C[C@@]1(C)OC(C)=O. The first-order valence-electron chi connectivity index (χ1n) is 9.92. The van der Waals surface area contributed by atoms with E-state index in [-0.39, 0.29) is 24.9 Å². The van der Waals surface area contributed by atoms with Gasteiger partial charge in [-0.3, -0.25) is 9.36 Å². The number of aromatic nitrogens is 4. The van der Waals surface area contributed by atoms with Gasteiger partial charge in [0.15, 0.2) is 23.0 Å². The summed E-state index contributed by atoms with van der Waals surface area (Å²) in [4.78, 5) is 36.7. The van der Waals surface area contributed by atoms with Gasteiger partial charge in [0.25, 0.3) is 0 Å². The summed E-state index contributed by atoms with van der Waals surface area (Å²) in [6.07, 6.45) is 0.453. The zero-order valence-corrected chi connectivity index (χ0v) is 17.8. The van der Waals surface area contributed by atoms with Crippen LogP contribution in [0.25, 0.3) is 11.2 Å². The van der Waals surface area contributed by atoms with E-state index < -0.39 is 29.9 Å². The Kier molecular flexibility index (Phi) is 5.66. The van der Waals surface area contributed by atoms with Crippen molar-refractivity contribution in [3.8, 4) is 5.88 Å². The van der Waals surface area contributed by atoms with Crippen LogP contribution in [-0.4, -0.2) is 56.9 Å². The summed E-state index contributed by atoms with van der Waals surface area (Å²) < 4.78 is 24.1. The lowest BCUT2D eigenvalue weighted by Gasteiger charge is -2.29. The second kappa shape index (κ2) is 8.42. The number of esters is 2. The van der Waals surface area contributed by atoms with Gasteiger partial charge in [-0.15, -0.1) is 0 Å². The minimum absolute atomic E-state index is 0.00312. The van der Waals surface area contributed by atoms with Crippen molar-refractivity contribution in [2.75, 3.05) is 19.5 Å². The van der Waals surface area contributed by atoms with Crippen LogP contribution in [0, 0.1) is 0 Å². The number of anilines is 1. The van der Waals surface area contributed by atoms with E-state index in [0.29, 0.717) is 16.7 Å². The number of hydrogen-bond donors (Lipinski definition) is 1. The van der Waals surface area contributed by atoms with E-state index in [9.17, 15) is 9.59 Å². The van der Waals surface area contributed by atoms with Gasteiger partial charge in [-0.1, -0.05) is 18.2 Å². The molecule has 2 N–H and O–H groups in total. The standard InChI is InChI=1S/C21H23N5O6/c1-12(27)32-21(2)9-14(10-30-18(28)13-7-5-4-6-8-13)31-19(21)26-11-23-15-16(26)24-20(22)25-17(15)29-3/h4-8,11,14,19H,9-10H2,1-3H3,(H2,22,24,25)/t14-,19?,21+/m0/s1. The fourth-order valence-electron chi connectivity index (χ4n) is 3.85. The van der Waals surface area contributed by atoms with Crippen LogP contribution in [0.2, 0.25) is 0 Å². The molecule has 1 saturated heterocycles. The van der Waals surface area contributed by atoms with Crippen molar-refractivity contribution in [3.63, 3.8) is 0 Å². The Balaban J connectivity index is 1.61. The third-order valence-corrected chi connectivity index (χ3v) is 5.12. The molecule has 11 heteroatoms. The fraction of sp³-hybridized carbons (Fsp3) is 0.381. The first-order valence-corrected chi connectivity index (χ1v) is 9.92. The molecular formula is C21H23N5O6. The summed E-state index contributed by atoms with van der Waals surface area (Å²) in [5.74, 6) is -0.729. The number of imidazole rings is 1. The van der Waals surface area contributed by atoms with Crippen LogP contribution in [0.15, 0.2) is 36.7 Å². The van der Waals surface area contributed by atoms with Crippen LogP contribution in [0.3, 0.4) is 0 Å². The normalized spacial score (nSPS) is 22.6. The lowest BCUT2D eigenvalue weighted by atomic mass is 9.99. The molecule has 1 aliphatic heterocycles. The molecule has 32 heavy (non-hydrogen) atoms. The summed E-state index contributed by atoms with van der Waals surface area (Å²) in [6.45, 7) is 3.04. The Morgan fingerprint density at radius 3 is 2.72 bits per heavy atom. The minimum atomic E-state index is -1.07. The molecule has 168 valence electrons. The van der Waals surface area contributed by atoms with Gasteiger partial charge in [-0.2, -0.15) is 9.97 Å². The zero-order valence-electron chi connectivity index (χ0n) is 17.8. The molecule has 3 aromatic rings. The van der Waals surface area contributed by atoms with Crippen LogP contribution in [0.5, 0.6) is 5.88 Å². The second-order valence-electron chi connectivity index (χ2n) is 7.60. The van der Waals surface area contributed by atoms with E-state index in [4.69, 9.17) is 24.7 Å². The molecule has 1 fully saturated rings. The number of hydrogen-bond acceptors (Lipinski definition) is 10. The summed E-state index contributed by atoms with van der Waals surface area (Å²) in [7, 11) is 1.45. The van der Waals surface area contributed by atoms with E-state index >= 15 is 0 Å². The highest BCUT2D eigenvalue weighted by molar-refractivity contribution is 5.89. The van der Waals surface area contributed by atoms with Crippen molar-refractivity contribution < 1.29 is 28.5 Å². The predicted molar refractivity (Wildman–Crippen MR) is 112 cm³/mol. The Hall–Kier alpha value is -3.73. The second-order valence-corrected chi connectivity index (χ2v) is 7.60. The van der Waals surface area contributed by atoms with Gasteiger partial charge in [0, 0.05) is 13.3 Å². The highest BCUT2D eigenvalue weighted by Crippen LogP contribution is 2.42. The molecule has 0 radical (unpaired) electrons. The van der Waals surface area contributed by atoms with Crippen LogP contribution < -0.4 is 10.5 Å². The van der Waals surface area contributed by atoms with Crippen molar-refractivity contribution in [2.45, 2.75) is 38.2 Å². The minimum Gasteiger partial charge on any atom is -0.479 e. The van der Waals surface area contributed by atoms with Crippen LogP contribution in [-0.2, 0) is 19.0 Å². The number of nitrogen functional groups attached to an aromatic ring is 1. The third-order valence-electron chi connectivity index (χ3n) is 5.12. The molecule has 3 atom stereocenters. The molecule has 0 bridgehead atoms. The van der Waals surface area contributed by atoms with Gasteiger partial charge < -0.3 is 24.7 Å². The van der Waals surface area contributed by atoms with Gasteiger partial charge in [0.2, 0.25) is 11.8 Å². The van der Waals surface area contributed by atoms with Crippen molar-refractivity contribution in [2.24, 2.45) is 0 Å². The number of rotatable bonds is 6. The Bertz CT molecular complexity index is 1150. The average molecular weight is 441 g/mol. The zero-order chi connectivity index (χ0) is 22.9. The van der Waals surface area contributed by atoms with Crippen molar-refractivity contribution in [1.29, 1.82) is 0 Å². The Morgan fingerprint density at radius 2 is 2.03 bits per heavy atom. The van der Waals surface area contributed by atoms with E-state index in [1.807, 2.05) is 6.07 Å². The van der Waals surface area contributed by atoms with E-state index in [0.717, 1.165) is 0 Å². The average Bonchev–Trinajstić information content (AvgIpc) is 3.31. The van der Waals surface area contributed by atoms with Crippen LogP contribution >= 0.6 is 0 Å². The van der Waals surface area contributed by atoms with Crippen LogP contribution in [0.1, 0.15) is 36.9 Å². The van der Waals surface area contributed by atoms with Crippen molar-refractivity contribution >= 4 is 29.1 Å². The highest BCUT2D eigenvalue weighted by atomic mass is 16.6. The molecule has 0 aliphatic carbocycles. The summed E-state index contributed by atoms with van der Waals surface area (Å²) in [5, 5.41) is 0. The number of carbonyl (C=O) groups excluding carboxylic acids is 2. The topological polar surface area (TPSA) is 141 Å². The van der Waals surface area contributed by atoms with Crippen molar-refractivity contribution in [1.82, 2.24) is 19.5 Å². The number of ether oxygens (including phenoxy) is 4. The van der Waals surface area contributed by atoms with Gasteiger partial charge in [0.1, 0.15) is 6.61 Å². The number of nitrogens with zero attached hydrogens (tertiary/aromatic N) is 4. The summed E-state index contributed by atoms with van der Waals surface area (Å²) >= 11 is 0.